The molecule has 2 atom stereocenters. The van der Waals surface area contributed by atoms with E-state index in [9.17, 15) is 4.39 Å². The Morgan fingerprint density at radius 3 is 2.84 bits per heavy atom. The Kier molecular flexibility index (Phi) is 4.64. The van der Waals surface area contributed by atoms with E-state index in [0.29, 0.717) is 24.4 Å². The summed E-state index contributed by atoms with van der Waals surface area (Å²) in [5, 5.41) is 3.50. The molecule has 1 fully saturated rings. The topological polar surface area (TPSA) is 24.5 Å². The van der Waals surface area contributed by atoms with Gasteiger partial charge < -0.3 is 15.0 Å². The number of anilines is 1. The molecule has 1 heterocycles. The largest absolute Gasteiger partial charge is 0.491 e. The lowest BCUT2D eigenvalue weighted by Gasteiger charge is -2.40. The first-order chi connectivity index (χ1) is 9.15. The summed E-state index contributed by atoms with van der Waals surface area (Å²) in [4.78, 5) is 2.27. The SMILES string of the molecule is CCOc1ccc(N2CC(CC)NCC2C)cc1F. The normalized spacial score (nSPS) is 23.5. The molecule has 1 aromatic carbocycles. The fourth-order valence-electron chi connectivity index (χ4n) is 2.50. The van der Waals surface area contributed by atoms with Gasteiger partial charge in [0.2, 0.25) is 0 Å². The first kappa shape index (κ1) is 14.1. The minimum absolute atomic E-state index is 0.280. The Balaban J connectivity index is 2.18. The average Bonchev–Trinajstić information content (AvgIpc) is 2.42. The van der Waals surface area contributed by atoms with Gasteiger partial charge in [-0.25, -0.2) is 4.39 Å². The van der Waals surface area contributed by atoms with Gasteiger partial charge in [0, 0.05) is 36.9 Å². The van der Waals surface area contributed by atoms with E-state index in [4.69, 9.17) is 4.74 Å². The van der Waals surface area contributed by atoms with Crippen molar-refractivity contribution in [1.82, 2.24) is 5.32 Å². The van der Waals surface area contributed by atoms with Gasteiger partial charge in [0.15, 0.2) is 11.6 Å². The highest BCUT2D eigenvalue weighted by molar-refractivity contribution is 5.51. The Bertz CT molecular complexity index is 425. The average molecular weight is 266 g/mol. The predicted octanol–water partition coefficient (Wildman–Crippen LogP) is 2.80. The Labute approximate surface area is 114 Å². The Hall–Kier alpha value is -1.29. The van der Waals surface area contributed by atoms with Crippen molar-refractivity contribution in [3.8, 4) is 5.75 Å². The lowest BCUT2D eigenvalue weighted by atomic mass is 10.1. The van der Waals surface area contributed by atoms with Crippen LogP contribution >= 0.6 is 0 Å². The molecule has 0 spiro atoms. The third-order valence-corrected chi connectivity index (χ3v) is 3.69. The molecule has 0 saturated carbocycles. The third-order valence-electron chi connectivity index (χ3n) is 3.69. The molecule has 19 heavy (non-hydrogen) atoms. The van der Waals surface area contributed by atoms with Crippen LogP contribution in [0.15, 0.2) is 18.2 Å². The van der Waals surface area contributed by atoms with Gasteiger partial charge in [-0.3, -0.25) is 0 Å². The molecule has 0 radical (unpaired) electrons. The van der Waals surface area contributed by atoms with Gasteiger partial charge in [-0.15, -0.1) is 0 Å². The van der Waals surface area contributed by atoms with E-state index in [-0.39, 0.29) is 5.82 Å². The summed E-state index contributed by atoms with van der Waals surface area (Å²) in [5.74, 6) is 0.0548. The van der Waals surface area contributed by atoms with E-state index in [2.05, 4.69) is 24.1 Å². The number of piperazine rings is 1. The van der Waals surface area contributed by atoms with Gasteiger partial charge in [-0.05, 0) is 32.4 Å². The summed E-state index contributed by atoms with van der Waals surface area (Å²) in [6, 6.07) is 6.11. The number of nitrogens with zero attached hydrogens (tertiary/aromatic N) is 1. The molecule has 1 saturated heterocycles. The van der Waals surface area contributed by atoms with Crippen LogP contribution in [0.2, 0.25) is 0 Å². The predicted molar refractivity (Wildman–Crippen MR) is 76.5 cm³/mol. The zero-order valence-electron chi connectivity index (χ0n) is 11.9. The maximum atomic E-state index is 13.9. The van der Waals surface area contributed by atoms with E-state index in [1.165, 1.54) is 0 Å². The number of hydrogen-bond acceptors (Lipinski definition) is 3. The van der Waals surface area contributed by atoms with Crippen molar-refractivity contribution in [3.63, 3.8) is 0 Å². The molecular weight excluding hydrogens is 243 g/mol. The second-order valence-corrected chi connectivity index (χ2v) is 5.06. The Morgan fingerprint density at radius 2 is 2.21 bits per heavy atom. The molecule has 0 amide bonds. The van der Waals surface area contributed by atoms with Crippen LogP contribution in [0, 0.1) is 5.82 Å². The van der Waals surface area contributed by atoms with Crippen molar-refractivity contribution in [3.05, 3.63) is 24.0 Å². The monoisotopic (exact) mass is 266 g/mol. The van der Waals surface area contributed by atoms with Crippen LogP contribution in [0.3, 0.4) is 0 Å². The van der Waals surface area contributed by atoms with Crippen molar-refractivity contribution in [2.45, 2.75) is 39.3 Å². The zero-order valence-corrected chi connectivity index (χ0v) is 11.9. The summed E-state index contributed by atoms with van der Waals surface area (Å²) in [5.41, 5.74) is 0.938. The first-order valence-corrected chi connectivity index (χ1v) is 7.08. The number of nitrogens with one attached hydrogen (secondary N) is 1. The summed E-state index contributed by atoms with van der Waals surface area (Å²) in [6.45, 7) is 8.53. The maximum absolute atomic E-state index is 13.9. The van der Waals surface area contributed by atoms with E-state index in [0.717, 1.165) is 25.2 Å². The van der Waals surface area contributed by atoms with Crippen molar-refractivity contribution in [2.24, 2.45) is 0 Å². The van der Waals surface area contributed by atoms with Crippen LogP contribution in [0.25, 0.3) is 0 Å². The van der Waals surface area contributed by atoms with E-state index in [1.807, 2.05) is 13.0 Å². The third kappa shape index (κ3) is 3.18. The molecule has 0 aromatic heterocycles. The Morgan fingerprint density at radius 1 is 1.42 bits per heavy atom. The van der Waals surface area contributed by atoms with Crippen LogP contribution in [0.5, 0.6) is 5.75 Å². The maximum Gasteiger partial charge on any atom is 0.167 e. The molecule has 1 N–H and O–H groups in total. The number of rotatable bonds is 4. The number of ether oxygens (including phenoxy) is 1. The van der Waals surface area contributed by atoms with Crippen molar-refractivity contribution in [1.29, 1.82) is 0 Å². The standard InChI is InChI=1S/C15H23FN2O/c1-4-12-10-18(11(3)9-17-12)13-6-7-15(19-5-2)14(16)8-13/h6-8,11-12,17H,4-5,9-10H2,1-3H3. The van der Waals surface area contributed by atoms with E-state index in [1.54, 1.807) is 12.1 Å². The molecule has 1 aliphatic heterocycles. The van der Waals surface area contributed by atoms with Gasteiger partial charge in [0.05, 0.1) is 6.61 Å². The van der Waals surface area contributed by atoms with Crippen LogP contribution in [0.4, 0.5) is 10.1 Å². The smallest absolute Gasteiger partial charge is 0.167 e. The highest BCUT2D eigenvalue weighted by Gasteiger charge is 2.24. The molecule has 1 aromatic rings. The first-order valence-electron chi connectivity index (χ1n) is 7.08. The van der Waals surface area contributed by atoms with Gasteiger partial charge in [0.25, 0.3) is 0 Å². The van der Waals surface area contributed by atoms with Crippen molar-refractivity contribution in [2.75, 3.05) is 24.6 Å². The van der Waals surface area contributed by atoms with Crippen LogP contribution in [-0.4, -0.2) is 31.8 Å². The minimum Gasteiger partial charge on any atom is -0.491 e. The molecule has 0 bridgehead atoms. The fraction of sp³-hybridized carbons (Fsp3) is 0.600. The second-order valence-electron chi connectivity index (χ2n) is 5.06. The summed E-state index contributed by atoms with van der Waals surface area (Å²) in [6.07, 6.45) is 1.09. The van der Waals surface area contributed by atoms with Gasteiger partial charge in [0.1, 0.15) is 0 Å². The second kappa shape index (κ2) is 6.24. The van der Waals surface area contributed by atoms with E-state index >= 15 is 0 Å². The molecule has 0 aliphatic carbocycles. The highest BCUT2D eigenvalue weighted by Crippen LogP contribution is 2.26. The molecule has 3 nitrogen and oxygen atoms in total. The lowest BCUT2D eigenvalue weighted by Crippen LogP contribution is -2.55. The summed E-state index contributed by atoms with van der Waals surface area (Å²) >= 11 is 0. The number of benzene rings is 1. The van der Waals surface area contributed by atoms with Gasteiger partial charge in [-0.2, -0.15) is 0 Å². The van der Waals surface area contributed by atoms with Crippen LogP contribution in [0.1, 0.15) is 27.2 Å². The van der Waals surface area contributed by atoms with E-state index < -0.39 is 0 Å². The number of hydrogen-bond donors (Lipinski definition) is 1. The highest BCUT2D eigenvalue weighted by atomic mass is 19.1. The molecule has 1 aliphatic rings. The van der Waals surface area contributed by atoms with Gasteiger partial charge >= 0.3 is 0 Å². The molecule has 4 heteroatoms. The molecule has 2 unspecified atom stereocenters. The summed E-state index contributed by atoms with van der Waals surface area (Å²) in [7, 11) is 0. The lowest BCUT2D eigenvalue weighted by molar-refractivity contribution is 0.321. The molecule has 106 valence electrons. The van der Waals surface area contributed by atoms with Crippen molar-refractivity contribution >= 4 is 5.69 Å². The molecule has 2 rings (SSSR count). The van der Waals surface area contributed by atoms with Gasteiger partial charge in [-0.1, -0.05) is 6.92 Å². The number of halogens is 1. The molecular formula is C15H23FN2O. The summed E-state index contributed by atoms with van der Waals surface area (Å²) < 4.78 is 19.2. The fourth-order valence-corrected chi connectivity index (χ4v) is 2.50. The van der Waals surface area contributed by atoms with Crippen molar-refractivity contribution < 1.29 is 9.13 Å². The van der Waals surface area contributed by atoms with Crippen LogP contribution < -0.4 is 15.0 Å². The minimum atomic E-state index is -0.280. The quantitative estimate of drug-likeness (QED) is 0.907. The zero-order chi connectivity index (χ0) is 13.8. The van der Waals surface area contributed by atoms with Crippen LogP contribution in [-0.2, 0) is 0 Å².